The van der Waals surface area contributed by atoms with Gasteiger partial charge in [0.1, 0.15) is 0 Å². The standard InChI is InChI=1S/C18H17ClN4O/c1-13(11-23-12-20-16-4-2-3-5-17(16)23)18(24)22-21-10-14-6-8-15(19)9-7-14/h2-10,12-13H,11H2,1H3,(H,22,24)/b21-10-/t13-/m0/s1. The van der Waals surface area contributed by atoms with E-state index in [1.165, 1.54) is 0 Å². The first-order chi connectivity index (χ1) is 11.6. The molecule has 0 unspecified atom stereocenters. The number of aromatic nitrogens is 2. The van der Waals surface area contributed by atoms with E-state index in [1.807, 2.05) is 47.9 Å². The van der Waals surface area contributed by atoms with Crippen molar-refractivity contribution in [3.05, 3.63) is 65.4 Å². The highest BCUT2D eigenvalue weighted by molar-refractivity contribution is 6.30. The fourth-order valence-corrected chi connectivity index (χ4v) is 2.49. The Balaban J connectivity index is 1.59. The number of rotatable bonds is 5. The molecule has 24 heavy (non-hydrogen) atoms. The minimum atomic E-state index is -0.232. The van der Waals surface area contributed by atoms with E-state index in [1.54, 1.807) is 24.7 Å². The molecule has 0 aliphatic carbocycles. The Morgan fingerprint density at radius 2 is 2.04 bits per heavy atom. The van der Waals surface area contributed by atoms with Gasteiger partial charge in [-0.25, -0.2) is 10.4 Å². The molecule has 1 aromatic heterocycles. The van der Waals surface area contributed by atoms with Gasteiger partial charge in [-0.1, -0.05) is 42.8 Å². The molecule has 1 N–H and O–H groups in total. The highest BCUT2D eigenvalue weighted by atomic mass is 35.5. The predicted octanol–water partition coefficient (Wildman–Crippen LogP) is 3.48. The fourth-order valence-electron chi connectivity index (χ4n) is 2.36. The lowest BCUT2D eigenvalue weighted by Crippen LogP contribution is -2.27. The van der Waals surface area contributed by atoms with Crippen LogP contribution in [-0.2, 0) is 11.3 Å². The Kier molecular flexibility index (Phi) is 4.91. The van der Waals surface area contributed by atoms with Gasteiger partial charge in [-0.15, -0.1) is 0 Å². The van der Waals surface area contributed by atoms with E-state index in [9.17, 15) is 4.79 Å². The summed E-state index contributed by atoms with van der Waals surface area (Å²) in [6.07, 6.45) is 3.35. The summed E-state index contributed by atoms with van der Waals surface area (Å²) in [6, 6.07) is 15.1. The number of carbonyl (C=O) groups is 1. The molecule has 2 aromatic carbocycles. The van der Waals surface area contributed by atoms with Gasteiger partial charge < -0.3 is 4.57 Å². The molecule has 0 radical (unpaired) electrons. The lowest BCUT2D eigenvalue weighted by atomic mass is 10.1. The molecule has 0 fully saturated rings. The van der Waals surface area contributed by atoms with E-state index in [0.717, 1.165) is 16.6 Å². The van der Waals surface area contributed by atoms with Crippen LogP contribution in [-0.4, -0.2) is 21.7 Å². The van der Waals surface area contributed by atoms with Crippen molar-refractivity contribution >= 4 is 34.8 Å². The number of imidazole rings is 1. The highest BCUT2D eigenvalue weighted by Gasteiger charge is 2.14. The molecule has 0 aliphatic heterocycles. The molecular formula is C18H17ClN4O. The molecule has 1 atom stereocenters. The SMILES string of the molecule is C[C@@H](Cn1cnc2ccccc21)C(=O)N/N=C\c1ccc(Cl)cc1. The predicted molar refractivity (Wildman–Crippen MR) is 96.1 cm³/mol. The second-order valence-corrected chi connectivity index (χ2v) is 6.01. The average molecular weight is 341 g/mol. The van der Waals surface area contributed by atoms with Crippen molar-refractivity contribution in [1.82, 2.24) is 15.0 Å². The van der Waals surface area contributed by atoms with Crippen LogP contribution in [0.5, 0.6) is 0 Å². The first-order valence-electron chi connectivity index (χ1n) is 7.62. The zero-order chi connectivity index (χ0) is 16.9. The number of para-hydroxylation sites is 2. The van der Waals surface area contributed by atoms with Crippen molar-refractivity contribution in [3.8, 4) is 0 Å². The Hall–Kier alpha value is -2.66. The monoisotopic (exact) mass is 340 g/mol. The minimum absolute atomic E-state index is 0.141. The van der Waals surface area contributed by atoms with Crippen molar-refractivity contribution < 1.29 is 4.79 Å². The summed E-state index contributed by atoms with van der Waals surface area (Å²) in [5.74, 6) is -0.372. The maximum atomic E-state index is 12.2. The summed E-state index contributed by atoms with van der Waals surface area (Å²) >= 11 is 5.83. The van der Waals surface area contributed by atoms with Crippen LogP contribution in [0.4, 0.5) is 0 Å². The lowest BCUT2D eigenvalue weighted by Gasteiger charge is -2.11. The number of fused-ring (bicyclic) bond motifs is 1. The molecule has 3 rings (SSSR count). The van der Waals surface area contributed by atoms with Gasteiger partial charge in [-0.2, -0.15) is 5.10 Å². The number of hydrazone groups is 1. The van der Waals surface area contributed by atoms with E-state index < -0.39 is 0 Å². The third-order valence-electron chi connectivity index (χ3n) is 3.70. The van der Waals surface area contributed by atoms with Crippen LogP contribution in [0.1, 0.15) is 12.5 Å². The smallest absolute Gasteiger partial charge is 0.244 e. The first-order valence-corrected chi connectivity index (χ1v) is 7.99. The molecule has 0 aliphatic rings. The normalized spacial score (nSPS) is 12.6. The van der Waals surface area contributed by atoms with Crippen LogP contribution in [0, 0.1) is 5.92 Å². The first kappa shape index (κ1) is 16.2. The van der Waals surface area contributed by atoms with Gasteiger partial charge in [0.2, 0.25) is 5.91 Å². The average Bonchev–Trinajstić information content (AvgIpc) is 3.00. The molecule has 1 heterocycles. The Morgan fingerprint density at radius 1 is 1.29 bits per heavy atom. The lowest BCUT2D eigenvalue weighted by molar-refractivity contribution is -0.124. The van der Waals surface area contributed by atoms with Crippen molar-refractivity contribution in [2.75, 3.05) is 0 Å². The van der Waals surface area contributed by atoms with E-state index in [-0.39, 0.29) is 11.8 Å². The van der Waals surface area contributed by atoms with Gasteiger partial charge in [0, 0.05) is 11.6 Å². The number of nitrogens with one attached hydrogen (secondary N) is 1. The van der Waals surface area contributed by atoms with Gasteiger partial charge in [0.15, 0.2) is 0 Å². The summed E-state index contributed by atoms with van der Waals surface area (Å²) in [5.41, 5.74) is 5.38. The number of nitrogens with zero attached hydrogens (tertiary/aromatic N) is 3. The van der Waals surface area contributed by atoms with Gasteiger partial charge in [-0.3, -0.25) is 4.79 Å². The summed E-state index contributed by atoms with van der Waals surface area (Å²) < 4.78 is 1.97. The summed E-state index contributed by atoms with van der Waals surface area (Å²) in [4.78, 5) is 16.5. The molecule has 3 aromatic rings. The third-order valence-corrected chi connectivity index (χ3v) is 3.96. The number of amides is 1. The molecule has 0 saturated heterocycles. The van der Waals surface area contributed by atoms with Crippen molar-refractivity contribution in [2.45, 2.75) is 13.5 Å². The van der Waals surface area contributed by atoms with Gasteiger partial charge in [0.25, 0.3) is 0 Å². The van der Waals surface area contributed by atoms with Crippen molar-refractivity contribution in [3.63, 3.8) is 0 Å². The number of halogens is 1. The Morgan fingerprint density at radius 3 is 2.83 bits per heavy atom. The summed E-state index contributed by atoms with van der Waals surface area (Å²) in [5, 5.41) is 4.66. The second kappa shape index (κ2) is 7.27. The van der Waals surface area contributed by atoms with E-state index in [4.69, 9.17) is 11.6 Å². The van der Waals surface area contributed by atoms with E-state index >= 15 is 0 Å². The number of hydrogen-bond acceptors (Lipinski definition) is 3. The van der Waals surface area contributed by atoms with Crippen LogP contribution < -0.4 is 5.43 Å². The molecule has 6 heteroatoms. The van der Waals surface area contributed by atoms with Gasteiger partial charge in [0.05, 0.1) is 29.5 Å². The molecule has 122 valence electrons. The number of hydrogen-bond donors (Lipinski definition) is 1. The molecule has 0 spiro atoms. The van der Waals surface area contributed by atoms with Crippen LogP contribution >= 0.6 is 11.6 Å². The zero-order valence-corrected chi connectivity index (χ0v) is 13.9. The van der Waals surface area contributed by atoms with Crippen LogP contribution in [0.15, 0.2) is 60.0 Å². The van der Waals surface area contributed by atoms with Crippen LogP contribution in [0.2, 0.25) is 5.02 Å². The third kappa shape index (κ3) is 3.81. The number of benzene rings is 2. The largest absolute Gasteiger partial charge is 0.330 e. The van der Waals surface area contributed by atoms with Crippen LogP contribution in [0.25, 0.3) is 11.0 Å². The van der Waals surface area contributed by atoms with E-state index in [2.05, 4.69) is 15.5 Å². The second-order valence-electron chi connectivity index (χ2n) is 5.57. The van der Waals surface area contributed by atoms with Crippen molar-refractivity contribution in [1.29, 1.82) is 0 Å². The van der Waals surface area contributed by atoms with Gasteiger partial charge >= 0.3 is 0 Å². The van der Waals surface area contributed by atoms with Gasteiger partial charge in [-0.05, 0) is 29.8 Å². The minimum Gasteiger partial charge on any atom is -0.330 e. The highest BCUT2D eigenvalue weighted by Crippen LogP contribution is 2.14. The maximum Gasteiger partial charge on any atom is 0.244 e. The molecule has 0 bridgehead atoms. The topological polar surface area (TPSA) is 59.3 Å². The van der Waals surface area contributed by atoms with Crippen molar-refractivity contribution in [2.24, 2.45) is 11.0 Å². The molecule has 0 saturated carbocycles. The summed E-state index contributed by atoms with van der Waals surface area (Å²) in [7, 11) is 0. The summed E-state index contributed by atoms with van der Waals surface area (Å²) in [6.45, 7) is 2.41. The maximum absolute atomic E-state index is 12.2. The Bertz CT molecular complexity index is 870. The number of carbonyl (C=O) groups excluding carboxylic acids is 1. The molecule has 5 nitrogen and oxygen atoms in total. The van der Waals surface area contributed by atoms with E-state index in [0.29, 0.717) is 11.6 Å². The molecular weight excluding hydrogens is 324 g/mol. The quantitative estimate of drug-likeness (QED) is 0.571. The zero-order valence-electron chi connectivity index (χ0n) is 13.2. The fraction of sp³-hybridized carbons (Fsp3) is 0.167. The molecule has 1 amide bonds. The van der Waals surface area contributed by atoms with Crippen LogP contribution in [0.3, 0.4) is 0 Å². The Labute approximate surface area is 145 Å².